The Hall–Kier alpha value is -1.10. The molecule has 0 bridgehead atoms. The minimum atomic E-state index is -0.884. The number of rotatable bonds is 7. The fourth-order valence-electron chi connectivity index (χ4n) is 3.08. The van der Waals surface area contributed by atoms with Gasteiger partial charge in [0.15, 0.2) is 0 Å². The minimum Gasteiger partial charge on any atom is -0.481 e. The van der Waals surface area contributed by atoms with Gasteiger partial charge in [-0.25, -0.2) is 0 Å². The monoisotopic (exact) mass is 285 g/mol. The van der Waals surface area contributed by atoms with Crippen LogP contribution in [-0.4, -0.2) is 34.7 Å². The largest absolute Gasteiger partial charge is 0.481 e. The van der Waals surface area contributed by atoms with Crippen molar-refractivity contribution in [1.29, 1.82) is 0 Å². The van der Waals surface area contributed by atoms with Crippen LogP contribution in [0, 0.1) is 17.8 Å². The topological polar surface area (TPSA) is 86.6 Å². The van der Waals surface area contributed by atoms with Crippen molar-refractivity contribution in [3.8, 4) is 0 Å². The standard InChI is InChI=1S/C15H27NO4/c1-3-10(4-2)13(17)9-16-14(18)11-7-5-6-8-12(11)15(19)20/h10-13,17H,3-9H2,1-2H3,(H,16,18)(H,19,20). The van der Waals surface area contributed by atoms with Gasteiger partial charge in [0.2, 0.25) is 5.91 Å². The Balaban J connectivity index is 2.50. The molecule has 3 atom stereocenters. The average molecular weight is 285 g/mol. The van der Waals surface area contributed by atoms with Crippen LogP contribution >= 0.6 is 0 Å². The fraction of sp³-hybridized carbons (Fsp3) is 0.867. The lowest BCUT2D eigenvalue weighted by atomic mass is 9.78. The molecule has 0 aromatic carbocycles. The summed E-state index contributed by atoms with van der Waals surface area (Å²) in [4.78, 5) is 23.3. The van der Waals surface area contributed by atoms with Gasteiger partial charge in [0.25, 0.3) is 0 Å². The van der Waals surface area contributed by atoms with Gasteiger partial charge in [0.1, 0.15) is 0 Å². The molecule has 0 heterocycles. The highest BCUT2D eigenvalue weighted by Gasteiger charge is 2.35. The summed E-state index contributed by atoms with van der Waals surface area (Å²) in [5, 5.41) is 21.9. The lowest BCUT2D eigenvalue weighted by Gasteiger charge is -2.28. The average Bonchev–Trinajstić information content (AvgIpc) is 2.46. The Morgan fingerprint density at radius 1 is 1.15 bits per heavy atom. The molecule has 1 aliphatic rings. The summed E-state index contributed by atoms with van der Waals surface area (Å²) in [6, 6.07) is 0. The molecule has 5 nitrogen and oxygen atoms in total. The lowest BCUT2D eigenvalue weighted by Crippen LogP contribution is -2.43. The number of aliphatic carboxylic acids is 1. The van der Waals surface area contributed by atoms with E-state index in [4.69, 9.17) is 5.11 Å². The third-order valence-electron chi connectivity index (χ3n) is 4.50. The van der Waals surface area contributed by atoms with Crippen molar-refractivity contribution in [2.24, 2.45) is 17.8 Å². The Kier molecular flexibility index (Phi) is 6.99. The molecule has 0 aromatic heterocycles. The van der Waals surface area contributed by atoms with E-state index in [1.165, 1.54) is 0 Å². The van der Waals surface area contributed by atoms with Crippen molar-refractivity contribution in [1.82, 2.24) is 5.32 Å². The van der Waals surface area contributed by atoms with Crippen LogP contribution in [0.25, 0.3) is 0 Å². The zero-order chi connectivity index (χ0) is 15.1. The van der Waals surface area contributed by atoms with Crippen molar-refractivity contribution >= 4 is 11.9 Å². The third-order valence-corrected chi connectivity index (χ3v) is 4.50. The molecule has 1 amide bonds. The summed E-state index contributed by atoms with van der Waals surface area (Å²) >= 11 is 0. The number of carboxylic acids is 1. The van der Waals surface area contributed by atoms with Gasteiger partial charge in [0.05, 0.1) is 17.9 Å². The van der Waals surface area contributed by atoms with E-state index in [2.05, 4.69) is 5.32 Å². The predicted molar refractivity (Wildman–Crippen MR) is 76.2 cm³/mol. The first kappa shape index (κ1) is 17.0. The number of amides is 1. The highest BCUT2D eigenvalue weighted by atomic mass is 16.4. The van der Waals surface area contributed by atoms with Crippen molar-refractivity contribution < 1.29 is 19.8 Å². The quantitative estimate of drug-likeness (QED) is 0.665. The lowest BCUT2D eigenvalue weighted by molar-refractivity contribution is -0.149. The molecule has 1 saturated carbocycles. The number of aliphatic hydroxyl groups is 1. The molecule has 3 unspecified atom stereocenters. The Morgan fingerprint density at radius 3 is 2.20 bits per heavy atom. The maximum Gasteiger partial charge on any atom is 0.307 e. The minimum absolute atomic E-state index is 0.178. The molecule has 0 aromatic rings. The molecule has 0 aliphatic heterocycles. The van der Waals surface area contributed by atoms with Crippen molar-refractivity contribution in [2.45, 2.75) is 58.5 Å². The van der Waals surface area contributed by atoms with Crippen LogP contribution < -0.4 is 5.32 Å². The molecular weight excluding hydrogens is 258 g/mol. The number of hydrogen-bond acceptors (Lipinski definition) is 3. The Morgan fingerprint density at radius 2 is 1.70 bits per heavy atom. The molecule has 0 saturated heterocycles. The number of nitrogens with one attached hydrogen (secondary N) is 1. The SMILES string of the molecule is CCC(CC)C(O)CNC(=O)C1CCCCC1C(=O)O. The summed E-state index contributed by atoms with van der Waals surface area (Å²) in [5.74, 6) is -1.95. The molecule has 3 N–H and O–H groups in total. The van der Waals surface area contributed by atoms with E-state index in [-0.39, 0.29) is 18.4 Å². The molecular formula is C15H27NO4. The first-order chi connectivity index (χ1) is 9.51. The van der Waals surface area contributed by atoms with E-state index in [9.17, 15) is 14.7 Å². The van der Waals surface area contributed by atoms with Gasteiger partial charge in [-0.1, -0.05) is 39.5 Å². The van der Waals surface area contributed by atoms with Gasteiger partial charge in [-0.05, 0) is 18.8 Å². The van der Waals surface area contributed by atoms with Crippen LogP contribution in [0.1, 0.15) is 52.4 Å². The van der Waals surface area contributed by atoms with E-state index in [1.807, 2.05) is 13.8 Å². The van der Waals surface area contributed by atoms with Crippen LogP contribution in [0.2, 0.25) is 0 Å². The molecule has 0 spiro atoms. The molecule has 5 heteroatoms. The van der Waals surface area contributed by atoms with Gasteiger partial charge in [-0.3, -0.25) is 9.59 Å². The smallest absolute Gasteiger partial charge is 0.307 e. The number of carbonyl (C=O) groups excluding carboxylic acids is 1. The van der Waals surface area contributed by atoms with Crippen LogP contribution in [0.3, 0.4) is 0 Å². The van der Waals surface area contributed by atoms with E-state index in [0.717, 1.165) is 25.7 Å². The second kappa shape index (κ2) is 8.25. The van der Waals surface area contributed by atoms with Crippen molar-refractivity contribution in [2.75, 3.05) is 6.54 Å². The Labute approximate surface area is 120 Å². The molecule has 20 heavy (non-hydrogen) atoms. The van der Waals surface area contributed by atoms with E-state index >= 15 is 0 Å². The van der Waals surface area contributed by atoms with Gasteiger partial charge in [0, 0.05) is 6.54 Å². The maximum absolute atomic E-state index is 12.1. The summed E-state index contributed by atoms with van der Waals surface area (Å²) in [6.07, 6.45) is 4.16. The van der Waals surface area contributed by atoms with Crippen LogP contribution in [0.5, 0.6) is 0 Å². The van der Waals surface area contributed by atoms with E-state index < -0.39 is 23.9 Å². The number of carboxylic acid groups (broad SMARTS) is 1. The normalized spacial score (nSPS) is 24.4. The van der Waals surface area contributed by atoms with Crippen LogP contribution in [-0.2, 0) is 9.59 Å². The Bertz CT molecular complexity index is 328. The van der Waals surface area contributed by atoms with Crippen LogP contribution in [0.15, 0.2) is 0 Å². The summed E-state index contributed by atoms with van der Waals surface area (Å²) in [6.45, 7) is 4.25. The van der Waals surface area contributed by atoms with Gasteiger partial charge < -0.3 is 15.5 Å². The second-order valence-electron chi connectivity index (χ2n) is 5.72. The summed E-state index contributed by atoms with van der Waals surface area (Å²) in [7, 11) is 0. The maximum atomic E-state index is 12.1. The van der Waals surface area contributed by atoms with Gasteiger partial charge in [-0.15, -0.1) is 0 Å². The summed E-state index contributed by atoms with van der Waals surface area (Å²) < 4.78 is 0. The molecule has 116 valence electrons. The highest BCUT2D eigenvalue weighted by molar-refractivity contribution is 5.84. The first-order valence-corrected chi connectivity index (χ1v) is 7.69. The number of hydrogen-bond donors (Lipinski definition) is 3. The first-order valence-electron chi connectivity index (χ1n) is 7.69. The van der Waals surface area contributed by atoms with Gasteiger partial charge in [-0.2, -0.15) is 0 Å². The van der Waals surface area contributed by atoms with E-state index in [1.54, 1.807) is 0 Å². The molecule has 1 aliphatic carbocycles. The predicted octanol–water partition coefficient (Wildman–Crippen LogP) is 1.79. The van der Waals surface area contributed by atoms with Crippen molar-refractivity contribution in [3.63, 3.8) is 0 Å². The molecule has 0 radical (unpaired) electrons. The number of carbonyl (C=O) groups is 2. The molecule has 1 fully saturated rings. The molecule has 1 rings (SSSR count). The van der Waals surface area contributed by atoms with E-state index in [0.29, 0.717) is 12.8 Å². The van der Waals surface area contributed by atoms with Gasteiger partial charge >= 0.3 is 5.97 Å². The zero-order valence-corrected chi connectivity index (χ0v) is 12.5. The fourth-order valence-corrected chi connectivity index (χ4v) is 3.08. The third kappa shape index (κ3) is 4.47. The number of aliphatic hydroxyl groups excluding tert-OH is 1. The van der Waals surface area contributed by atoms with Crippen molar-refractivity contribution in [3.05, 3.63) is 0 Å². The highest BCUT2D eigenvalue weighted by Crippen LogP contribution is 2.30. The van der Waals surface area contributed by atoms with Crippen LogP contribution in [0.4, 0.5) is 0 Å². The zero-order valence-electron chi connectivity index (χ0n) is 12.5. The summed E-state index contributed by atoms with van der Waals surface area (Å²) in [5.41, 5.74) is 0. The second-order valence-corrected chi connectivity index (χ2v) is 5.72.